The molecule has 3 atom stereocenters. The Kier molecular flexibility index (Phi) is 6.42. The molecule has 0 spiro atoms. The van der Waals surface area contributed by atoms with Crippen molar-refractivity contribution in [3.8, 4) is 0 Å². The van der Waals surface area contributed by atoms with Gasteiger partial charge in [0.25, 0.3) is 0 Å². The van der Waals surface area contributed by atoms with Crippen molar-refractivity contribution in [1.82, 2.24) is 4.90 Å². The molecule has 1 aliphatic rings. The molecule has 1 amide bonds. The molecule has 2 unspecified atom stereocenters. The van der Waals surface area contributed by atoms with E-state index in [2.05, 4.69) is 4.74 Å². The maximum absolute atomic E-state index is 12.6. The van der Waals surface area contributed by atoms with Crippen molar-refractivity contribution in [3.63, 3.8) is 0 Å². The van der Waals surface area contributed by atoms with Gasteiger partial charge in [-0.1, -0.05) is 30.7 Å². The van der Waals surface area contributed by atoms with E-state index in [1.54, 1.807) is 19.1 Å². The number of amides is 1. The molecule has 0 aromatic heterocycles. The fourth-order valence-corrected chi connectivity index (χ4v) is 3.33. The van der Waals surface area contributed by atoms with Crippen LogP contribution in [0.15, 0.2) is 24.3 Å². The van der Waals surface area contributed by atoms with Gasteiger partial charge in [-0.25, -0.2) is 4.79 Å². The van der Waals surface area contributed by atoms with Gasteiger partial charge in [-0.15, -0.1) is 0 Å². The molecule has 0 bridgehead atoms. The van der Waals surface area contributed by atoms with Gasteiger partial charge in [0, 0.05) is 17.5 Å². The third-order valence-electron chi connectivity index (χ3n) is 4.52. The van der Waals surface area contributed by atoms with Crippen molar-refractivity contribution >= 4 is 29.4 Å². The summed E-state index contributed by atoms with van der Waals surface area (Å²) in [7, 11) is 1.26. The number of nitrogens with zero attached hydrogens (tertiary/aromatic N) is 1. The van der Waals surface area contributed by atoms with Crippen LogP contribution in [0.5, 0.6) is 0 Å². The molecule has 1 N–H and O–H groups in total. The summed E-state index contributed by atoms with van der Waals surface area (Å²) in [6.07, 6.45) is 1.02. The van der Waals surface area contributed by atoms with Crippen LogP contribution in [0.1, 0.15) is 25.3 Å². The summed E-state index contributed by atoms with van der Waals surface area (Å²) in [6.45, 7) is 1.98. The van der Waals surface area contributed by atoms with Gasteiger partial charge in [0.15, 0.2) is 0 Å². The second-order valence-electron chi connectivity index (χ2n) is 6.46. The van der Waals surface area contributed by atoms with Crippen LogP contribution in [0.3, 0.4) is 0 Å². The number of carbonyl (C=O) groups excluding carboxylic acids is 2. The Morgan fingerprint density at radius 3 is 2.52 bits per heavy atom. The van der Waals surface area contributed by atoms with Crippen molar-refractivity contribution in [1.29, 1.82) is 0 Å². The Bertz CT molecular complexity index is 645. The first-order valence-electron chi connectivity index (χ1n) is 8.16. The van der Waals surface area contributed by atoms with Crippen molar-refractivity contribution in [2.45, 2.75) is 32.2 Å². The summed E-state index contributed by atoms with van der Waals surface area (Å²) in [5.41, 5.74) is 1.05. The summed E-state index contributed by atoms with van der Waals surface area (Å²) in [6, 6.07) is 6.54. The lowest BCUT2D eigenvalue weighted by Gasteiger charge is -2.24. The van der Waals surface area contributed by atoms with Crippen molar-refractivity contribution in [2.75, 3.05) is 13.7 Å². The molecule has 1 saturated heterocycles. The highest BCUT2D eigenvalue weighted by molar-refractivity contribution is 6.30. The normalized spacial score (nSPS) is 21.0. The molecule has 1 aromatic rings. The molecular formula is C18H22ClNO5. The summed E-state index contributed by atoms with van der Waals surface area (Å²) >= 11 is 5.88. The molecule has 0 saturated carbocycles. The van der Waals surface area contributed by atoms with Crippen LogP contribution in [-0.2, 0) is 25.5 Å². The minimum atomic E-state index is -1.02. The fraction of sp³-hybridized carbons (Fsp3) is 0.500. The number of likely N-dealkylation sites (tertiary alicyclic amines) is 1. The molecule has 6 nitrogen and oxygen atoms in total. The van der Waals surface area contributed by atoms with Crippen LogP contribution >= 0.6 is 11.6 Å². The number of ether oxygens (including phenoxy) is 1. The maximum atomic E-state index is 12.6. The number of hydrogen-bond donors (Lipinski definition) is 1. The molecule has 1 fully saturated rings. The van der Waals surface area contributed by atoms with E-state index in [0.29, 0.717) is 24.4 Å². The SMILES string of the molecule is COC(=O)CC(C)C(=O)N1CC(Cc2ccc(Cl)cc2)C[C@H]1C(=O)O. The standard InChI is InChI=1S/C18H22ClNO5/c1-11(7-16(21)25-2)17(22)20-10-13(9-15(20)18(23)24)8-12-3-5-14(19)6-4-12/h3-6,11,13,15H,7-10H2,1-2H3,(H,23,24)/t11?,13?,15-/m0/s1. The van der Waals surface area contributed by atoms with E-state index in [9.17, 15) is 19.5 Å². The van der Waals surface area contributed by atoms with Crippen molar-refractivity contribution in [3.05, 3.63) is 34.9 Å². The monoisotopic (exact) mass is 367 g/mol. The van der Waals surface area contributed by atoms with E-state index < -0.39 is 23.9 Å². The zero-order valence-corrected chi connectivity index (χ0v) is 15.0. The minimum Gasteiger partial charge on any atom is -0.480 e. The molecule has 0 aliphatic carbocycles. The highest BCUT2D eigenvalue weighted by Gasteiger charge is 2.41. The van der Waals surface area contributed by atoms with Gasteiger partial charge in [-0.2, -0.15) is 0 Å². The number of methoxy groups -OCH3 is 1. The number of esters is 1. The number of halogens is 1. The lowest BCUT2D eigenvalue weighted by atomic mass is 9.97. The number of aliphatic carboxylic acids is 1. The largest absolute Gasteiger partial charge is 0.480 e. The predicted molar refractivity (Wildman–Crippen MR) is 92.2 cm³/mol. The van der Waals surface area contributed by atoms with Crippen LogP contribution < -0.4 is 0 Å². The van der Waals surface area contributed by atoms with Gasteiger partial charge in [0.1, 0.15) is 6.04 Å². The molecule has 1 aliphatic heterocycles. The van der Waals surface area contributed by atoms with Gasteiger partial charge in [0.2, 0.25) is 5.91 Å². The third-order valence-corrected chi connectivity index (χ3v) is 4.77. The highest BCUT2D eigenvalue weighted by Crippen LogP contribution is 2.29. The van der Waals surface area contributed by atoms with Gasteiger partial charge in [0.05, 0.1) is 13.5 Å². The zero-order chi connectivity index (χ0) is 18.6. The van der Waals surface area contributed by atoms with Crippen molar-refractivity contribution < 1.29 is 24.2 Å². The first-order valence-corrected chi connectivity index (χ1v) is 8.54. The molecular weight excluding hydrogens is 346 g/mol. The van der Waals surface area contributed by atoms with E-state index in [-0.39, 0.29) is 18.2 Å². The average molecular weight is 368 g/mol. The predicted octanol–water partition coefficient (Wildman–Crippen LogP) is 2.38. The Balaban J connectivity index is 2.06. The lowest BCUT2D eigenvalue weighted by Crippen LogP contribution is -2.43. The Labute approximate surface area is 151 Å². The molecule has 7 heteroatoms. The lowest BCUT2D eigenvalue weighted by molar-refractivity contribution is -0.151. The van der Waals surface area contributed by atoms with Gasteiger partial charge in [-0.05, 0) is 36.5 Å². The van der Waals surface area contributed by atoms with Gasteiger partial charge in [-0.3, -0.25) is 9.59 Å². The topological polar surface area (TPSA) is 83.9 Å². The van der Waals surface area contributed by atoms with E-state index in [0.717, 1.165) is 5.56 Å². The van der Waals surface area contributed by atoms with Crippen molar-refractivity contribution in [2.24, 2.45) is 11.8 Å². The number of rotatable bonds is 6. The maximum Gasteiger partial charge on any atom is 0.326 e. The highest BCUT2D eigenvalue weighted by atomic mass is 35.5. The Morgan fingerprint density at radius 1 is 1.32 bits per heavy atom. The van der Waals surface area contributed by atoms with Crippen LogP contribution in [-0.4, -0.2) is 47.5 Å². The number of hydrogen-bond acceptors (Lipinski definition) is 4. The number of benzene rings is 1. The second kappa shape index (κ2) is 8.34. The van der Waals surface area contributed by atoms with E-state index >= 15 is 0 Å². The molecule has 1 heterocycles. The van der Waals surface area contributed by atoms with Crippen LogP contribution in [0.2, 0.25) is 5.02 Å². The first-order chi connectivity index (χ1) is 11.8. The number of carboxylic acid groups (broad SMARTS) is 1. The summed E-state index contributed by atoms with van der Waals surface area (Å²) < 4.78 is 4.58. The van der Waals surface area contributed by atoms with E-state index in [1.165, 1.54) is 12.0 Å². The minimum absolute atomic E-state index is 0.0524. The number of carboxylic acids is 1. The van der Waals surface area contributed by atoms with Crippen LogP contribution in [0.25, 0.3) is 0 Å². The zero-order valence-electron chi connectivity index (χ0n) is 14.3. The van der Waals surface area contributed by atoms with Crippen LogP contribution in [0, 0.1) is 11.8 Å². The molecule has 25 heavy (non-hydrogen) atoms. The smallest absolute Gasteiger partial charge is 0.326 e. The average Bonchev–Trinajstić information content (AvgIpc) is 3.00. The van der Waals surface area contributed by atoms with E-state index in [1.807, 2.05) is 12.1 Å². The second-order valence-corrected chi connectivity index (χ2v) is 6.89. The fourth-order valence-electron chi connectivity index (χ4n) is 3.21. The van der Waals surface area contributed by atoms with Gasteiger partial charge >= 0.3 is 11.9 Å². The summed E-state index contributed by atoms with van der Waals surface area (Å²) in [5.74, 6) is -2.38. The summed E-state index contributed by atoms with van der Waals surface area (Å²) in [5, 5.41) is 10.1. The van der Waals surface area contributed by atoms with Gasteiger partial charge < -0.3 is 14.7 Å². The molecule has 1 aromatic carbocycles. The first kappa shape index (κ1) is 19.2. The third kappa shape index (κ3) is 4.95. The Hall–Kier alpha value is -2.08. The Morgan fingerprint density at radius 2 is 1.96 bits per heavy atom. The molecule has 2 rings (SSSR count). The summed E-state index contributed by atoms with van der Waals surface area (Å²) in [4.78, 5) is 36.9. The van der Waals surface area contributed by atoms with E-state index in [4.69, 9.17) is 11.6 Å². The molecule has 0 radical (unpaired) electrons. The molecule has 136 valence electrons. The quantitative estimate of drug-likeness (QED) is 0.780. The van der Waals surface area contributed by atoms with Crippen LogP contribution in [0.4, 0.5) is 0 Å². The number of carbonyl (C=O) groups is 3.